The molecule has 0 aliphatic carbocycles. The van der Waals surface area contributed by atoms with Crippen LogP contribution in [0, 0.1) is 0 Å². The van der Waals surface area contributed by atoms with E-state index in [0.29, 0.717) is 22.3 Å². The Bertz CT molecular complexity index is 848. The maximum absolute atomic E-state index is 12.8. The number of carbonyl (C=O) groups excluding carboxylic acids is 1. The van der Waals surface area contributed by atoms with Crippen molar-refractivity contribution >= 4 is 50.1 Å². The summed E-state index contributed by atoms with van der Waals surface area (Å²) in [7, 11) is -3.08. The molecule has 2 aliphatic rings. The lowest BCUT2D eigenvalue weighted by Crippen LogP contribution is -2.39. The zero-order chi connectivity index (χ0) is 18.7. The van der Waals surface area contributed by atoms with Crippen LogP contribution in [0.1, 0.15) is 31.7 Å². The molecule has 2 aliphatic heterocycles. The monoisotopic (exact) mass is 411 g/mol. The van der Waals surface area contributed by atoms with Gasteiger partial charge in [-0.25, -0.2) is 8.42 Å². The highest BCUT2D eigenvalue weighted by atomic mass is 32.2. The topological polar surface area (TPSA) is 63.7 Å². The van der Waals surface area contributed by atoms with Crippen LogP contribution in [0.2, 0.25) is 0 Å². The van der Waals surface area contributed by atoms with Crippen LogP contribution in [0.5, 0.6) is 5.75 Å². The molecule has 0 aromatic heterocycles. The van der Waals surface area contributed by atoms with Crippen molar-refractivity contribution in [2.24, 2.45) is 0 Å². The van der Waals surface area contributed by atoms with Crippen molar-refractivity contribution < 1.29 is 17.9 Å². The predicted octanol–water partition coefficient (Wildman–Crippen LogP) is 3.25. The molecule has 0 saturated carbocycles. The molecule has 2 fully saturated rings. The van der Waals surface area contributed by atoms with E-state index in [1.165, 1.54) is 16.7 Å². The molecule has 0 bridgehead atoms. The molecule has 2 saturated heterocycles. The van der Waals surface area contributed by atoms with Crippen molar-refractivity contribution in [1.29, 1.82) is 0 Å². The summed E-state index contributed by atoms with van der Waals surface area (Å²) in [6.07, 6.45) is 4.24. The Morgan fingerprint density at radius 3 is 2.85 bits per heavy atom. The molecule has 1 aromatic rings. The summed E-state index contributed by atoms with van der Waals surface area (Å²) in [6.45, 7) is 2.73. The highest BCUT2D eigenvalue weighted by Crippen LogP contribution is 2.37. The second-order valence-electron chi connectivity index (χ2n) is 6.35. The maximum atomic E-state index is 12.8. The van der Waals surface area contributed by atoms with E-state index in [1.807, 2.05) is 24.3 Å². The molecule has 0 radical (unpaired) electrons. The smallest absolute Gasteiger partial charge is 0.266 e. The fraction of sp³-hybridized carbons (Fsp3) is 0.444. The van der Waals surface area contributed by atoms with Crippen LogP contribution in [0.25, 0.3) is 6.08 Å². The van der Waals surface area contributed by atoms with Crippen molar-refractivity contribution in [1.82, 2.24) is 4.90 Å². The second kappa shape index (κ2) is 8.10. The molecule has 3 rings (SSSR count). The van der Waals surface area contributed by atoms with E-state index in [2.05, 4.69) is 6.92 Å². The van der Waals surface area contributed by atoms with Gasteiger partial charge >= 0.3 is 0 Å². The minimum Gasteiger partial charge on any atom is -0.493 e. The van der Waals surface area contributed by atoms with Crippen molar-refractivity contribution in [3.63, 3.8) is 0 Å². The Hall–Kier alpha value is -1.38. The van der Waals surface area contributed by atoms with E-state index in [1.54, 1.807) is 6.08 Å². The van der Waals surface area contributed by atoms with Crippen molar-refractivity contribution in [3.8, 4) is 5.75 Å². The van der Waals surface area contributed by atoms with Gasteiger partial charge in [0.05, 0.1) is 29.1 Å². The van der Waals surface area contributed by atoms with Gasteiger partial charge in [-0.2, -0.15) is 0 Å². The van der Waals surface area contributed by atoms with Gasteiger partial charge in [0.25, 0.3) is 5.91 Å². The van der Waals surface area contributed by atoms with Gasteiger partial charge < -0.3 is 4.74 Å². The number of hydrogen-bond donors (Lipinski definition) is 0. The molecule has 0 unspecified atom stereocenters. The minimum absolute atomic E-state index is 0.0105. The highest BCUT2D eigenvalue weighted by molar-refractivity contribution is 8.26. The van der Waals surface area contributed by atoms with E-state index < -0.39 is 9.84 Å². The van der Waals surface area contributed by atoms with E-state index in [0.717, 1.165) is 24.2 Å². The Labute approximate surface area is 163 Å². The highest BCUT2D eigenvalue weighted by Gasteiger charge is 2.42. The third-order valence-electron chi connectivity index (χ3n) is 4.36. The maximum Gasteiger partial charge on any atom is 0.266 e. The number of benzene rings is 1. The molecular weight excluding hydrogens is 390 g/mol. The van der Waals surface area contributed by atoms with Gasteiger partial charge in [-0.3, -0.25) is 9.69 Å². The second-order valence-corrected chi connectivity index (χ2v) is 10.3. The first-order chi connectivity index (χ1) is 12.4. The fourth-order valence-electron chi connectivity index (χ4n) is 2.97. The minimum atomic E-state index is -3.08. The molecule has 5 nitrogen and oxygen atoms in total. The van der Waals surface area contributed by atoms with Crippen LogP contribution in [0.4, 0.5) is 0 Å². The number of thiocarbonyl (C=S) groups is 1. The van der Waals surface area contributed by atoms with Crippen molar-refractivity contribution in [2.45, 2.75) is 32.2 Å². The zero-order valence-electron chi connectivity index (χ0n) is 14.5. The molecular formula is C18H21NO4S3. The van der Waals surface area contributed by atoms with E-state index in [4.69, 9.17) is 17.0 Å². The van der Waals surface area contributed by atoms with E-state index in [9.17, 15) is 13.2 Å². The number of hydrogen-bond acceptors (Lipinski definition) is 6. The Morgan fingerprint density at radius 1 is 1.38 bits per heavy atom. The van der Waals surface area contributed by atoms with Gasteiger partial charge in [0, 0.05) is 5.56 Å². The number of amides is 1. The Morgan fingerprint density at radius 2 is 2.15 bits per heavy atom. The molecule has 26 heavy (non-hydrogen) atoms. The van der Waals surface area contributed by atoms with Crippen molar-refractivity contribution in [3.05, 3.63) is 34.7 Å². The number of sulfone groups is 1. The Kier molecular flexibility index (Phi) is 6.04. The molecule has 1 atom stereocenters. The lowest BCUT2D eigenvalue weighted by molar-refractivity contribution is -0.123. The Balaban J connectivity index is 1.80. The number of nitrogens with zero attached hydrogens (tertiary/aromatic N) is 1. The average molecular weight is 412 g/mol. The predicted molar refractivity (Wildman–Crippen MR) is 109 cm³/mol. The number of thioether (sulfide) groups is 1. The zero-order valence-corrected chi connectivity index (χ0v) is 17.0. The third kappa shape index (κ3) is 4.29. The SMILES string of the molecule is CCCCOc1ccccc1/C=C1/SC(=S)N([C@H]2CCS(=O)(=O)C2)C1=O. The van der Waals surface area contributed by atoms with Crippen LogP contribution >= 0.6 is 24.0 Å². The molecule has 140 valence electrons. The van der Waals surface area contributed by atoms with Crippen LogP contribution < -0.4 is 4.74 Å². The first-order valence-electron chi connectivity index (χ1n) is 8.60. The normalized spacial score (nSPS) is 23.8. The largest absolute Gasteiger partial charge is 0.493 e. The summed E-state index contributed by atoms with van der Waals surface area (Å²) in [4.78, 5) is 14.8. The van der Waals surface area contributed by atoms with E-state index >= 15 is 0 Å². The van der Waals surface area contributed by atoms with Gasteiger partial charge in [0.1, 0.15) is 10.1 Å². The number of carbonyl (C=O) groups is 1. The molecule has 0 spiro atoms. The fourth-order valence-corrected chi connectivity index (χ4v) is 6.06. The van der Waals surface area contributed by atoms with E-state index in [-0.39, 0.29) is 23.5 Å². The van der Waals surface area contributed by atoms with Gasteiger partial charge in [-0.1, -0.05) is 55.5 Å². The van der Waals surface area contributed by atoms with Gasteiger partial charge in [-0.15, -0.1) is 0 Å². The summed E-state index contributed by atoms with van der Waals surface area (Å²) in [5.41, 5.74) is 0.822. The van der Waals surface area contributed by atoms with Crippen LogP contribution in [-0.4, -0.2) is 47.7 Å². The number of rotatable bonds is 6. The number of unbranched alkanes of at least 4 members (excludes halogenated alkanes) is 1. The molecule has 8 heteroatoms. The van der Waals surface area contributed by atoms with Crippen LogP contribution in [-0.2, 0) is 14.6 Å². The van der Waals surface area contributed by atoms with Gasteiger partial charge in [0.2, 0.25) is 0 Å². The average Bonchev–Trinajstić information content (AvgIpc) is 3.08. The van der Waals surface area contributed by atoms with Gasteiger partial charge in [0.15, 0.2) is 9.84 Å². The van der Waals surface area contributed by atoms with Crippen LogP contribution in [0.3, 0.4) is 0 Å². The molecule has 2 heterocycles. The third-order valence-corrected chi connectivity index (χ3v) is 7.44. The molecule has 1 aromatic carbocycles. The van der Waals surface area contributed by atoms with Crippen molar-refractivity contribution in [2.75, 3.05) is 18.1 Å². The lowest BCUT2D eigenvalue weighted by atomic mass is 10.1. The van der Waals surface area contributed by atoms with Gasteiger partial charge in [-0.05, 0) is 25.0 Å². The summed E-state index contributed by atoms with van der Waals surface area (Å²) in [5.74, 6) is 0.616. The lowest BCUT2D eigenvalue weighted by Gasteiger charge is -2.20. The summed E-state index contributed by atoms with van der Waals surface area (Å²) >= 11 is 6.56. The standard InChI is InChI=1S/C18H21NO4S3/c1-2-3-9-23-15-7-5-4-6-13(15)11-16-17(20)19(18(24)25-16)14-8-10-26(21,22)12-14/h4-7,11,14H,2-3,8-10,12H2,1H3/b16-11+/t14-/m0/s1. The summed E-state index contributed by atoms with van der Waals surface area (Å²) in [5, 5.41) is 0. The quantitative estimate of drug-likeness (QED) is 0.407. The van der Waals surface area contributed by atoms with Crippen LogP contribution in [0.15, 0.2) is 29.2 Å². The summed E-state index contributed by atoms with van der Waals surface area (Å²) < 4.78 is 29.7. The number of ether oxygens (including phenoxy) is 1. The molecule has 0 N–H and O–H groups in total. The first kappa shape index (κ1) is 19.4. The number of para-hydroxylation sites is 1. The first-order valence-corrected chi connectivity index (χ1v) is 11.6. The molecule has 1 amide bonds. The summed E-state index contributed by atoms with van der Waals surface area (Å²) in [6, 6.07) is 7.21.